The smallest absolute Gasteiger partial charge is 0.312 e. The van der Waals surface area contributed by atoms with Gasteiger partial charge in [0.1, 0.15) is 0 Å². The van der Waals surface area contributed by atoms with Gasteiger partial charge in [-0.1, -0.05) is 18.2 Å². The summed E-state index contributed by atoms with van der Waals surface area (Å²) in [7, 11) is 0. The van der Waals surface area contributed by atoms with Gasteiger partial charge in [0.15, 0.2) is 0 Å². The molecule has 0 fully saturated rings. The molecule has 0 aromatic heterocycles. The maximum Gasteiger partial charge on any atom is 0.312 e. The van der Waals surface area contributed by atoms with Crippen LogP contribution in [0.3, 0.4) is 0 Å². The first-order valence-electron chi connectivity index (χ1n) is 4.01. The first-order chi connectivity index (χ1) is 6.11. The molecule has 5 N–H and O–H groups in total. The SMILES string of the molecule is CC(NC(N)=O)c1ccccc1N. The van der Waals surface area contributed by atoms with Crippen molar-refractivity contribution in [3.05, 3.63) is 29.8 Å². The molecule has 1 aromatic rings. The molecule has 1 atom stereocenters. The van der Waals surface area contributed by atoms with Crippen LogP contribution in [0.25, 0.3) is 0 Å². The number of benzene rings is 1. The van der Waals surface area contributed by atoms with Crippen molar-refractivity contribution in [3.8, 4) is 0 Å². The van der Waals surface area contributed by atoms with Crippen molar-refractivity contribution < 1.29 is 4.79 Å². The molecule has 1 aromatic carbocycles. The lowest BCUT2D eigenvalue weighted by molar-refractivity contribution is 0.246. The standard InChI is InChI=1S/C9H13N3O/c1-6(12-9(11)13)7-4-2-3-5-8(7)10/h2-6H,10H2,1H3,(H3,11,12,13). The predicted molar refractivity (Wildman–Crippen MR) is 52.0 cm³/mol. The first-order valence-corrected chi connectivity index (χ1v) is 4.01. The molecule has 0 spiro atoms. The van der Waals surface area contributed by atoms with Crippen LogP contribution in [-0.4, -0.2) is 6.03 Å². The summed E-state index contributed by atoms with van der Waals surface area (Å²) in [5.74, 6) is 0. The Morgan fingerprint density at radius 2 is 2.08 bits per heavy atom. The molecule has 0 saturated carbocycles. The van der Waals surface area contributed by atoms with Crippen LogP contribution in [0.15, 0.2) is 24.3 Å². The lowest BCUT2D eigenvalue weighted by Gasteiger charge is -2.14. The maximum atomic E-state index is 10.6. The number of amides is 2. The van der Waals surface area contributed by atoms with E-state index in [9.17, 15) is 4.79 Å². The van der Waals surface area contributed by atoms with E-state index in [1.807, 2.05) is 25.1 Å². The van der Waals surface area contributed by atoms with Gasteiger partial charge in [-0.05, 0) is 18.6 Å². The highest BCUT2D eigenvalue weighted by Gasteiger charge is 2.08. The van der Waals surface area contributed by atoms with E-state index in [2.05, 4.69) is 5.32 Å². The maximum absolute atomic E-state index is 10.6. The Morgan fingerprint density at radius 3 is 2.62 bits per heavy atom. The lowest BCUT2D eigenvalue weighted by atomic mass is 10.1. The molecule has 0 radical (unpaired) electrons. The Balaban J connectivity index is 2.82. The number of nitrogen functional groups attached to an aromatic ring is 1. The average Bonchev–Trinajstić information content (AvgIpc) is 2.03. The largest absolute Gasteiger partial charge is 0.398 e. The number of carbonyl (C=O) groups excluding carboxylic acids is 1. The van der Waals surface area contributed by atoms with Crippen molar-refractivity contribution in [1.82, 2.24) is 5.32 Å². The third-order valence-corrected chi connectivity index (χ3v) is 1.82. The highest BCUT2D eigenvalue weighted by molar-refractivity contribution is 5.72. The third-order valence-electron chi connectivity index (χ3n) is 1.82. The first kappa shape index (κ1) is 9.38. The van der Waals surface area contributed by atoms with Crippen molar-refractivity contribution in [2.24, 2.45) is 5.73 Å². The number of rotatable bonds is 2. The molecular weight excluding hydrogens is 166 g/mol. The number of anilines is 1. The Kier molecular flexibility index (Phi) is 2.74. The van der Waals surface area contributed by atoms with Gasteiger partial charge in [0, 0.05) is 5.69 Å². The summed E-state index contributed by atoms with van der Waals surface area (Å²) >= 11 is 0. The van der Waals surface area contributed by atoms with Gasteiger partial charge in [-0.3, -0.25) is 0 Å². The molecule has 0 aliphatic heterocycles. The Labute approximate surface area is 76.9 Å². The summed E-state index contributed by atoms with van der Waals surface area (Å²) in [5, 5.41) is 2.56. The van der Waals surface area contributed by atoms with Crippen LogP contribution < -0.4 is 16.8 Å². The van der Waals surface area contributed by atoms with Gasteiger partial charge in [0.2, 0.25) is 0 Å². The molecule has 0 saturated heterocycles. The normalized spacial score (nSPS) is 12.1. The molecule has 70 valence electrons. The molecule has 0 aliphatic carbocycles. The summed E-state index contributed by atoms with van der Waals surface area (Å²) in [4.78, 5) is 10.6. The van der Waals surface area contributed by atoms with Gasteiger partial charge in [0.05, 0.1) is 6.04 Å². The number of nitrogens with two attached hydrogens (primary N) is 2. The van der Waals surface area contributed by atoms with E-state index in [0.29, 0.717) is 5.69 Å². The summed E-state index contributed by atoms with van der Waals surface area (Å²) in [6.45, 7) is 1.83. The fourth-order valence-electron chi connectivity index (χ4n) is 1.20. The zero-order chi connectivity index (χ0) is 9.84. The van der Waals surface area contributed by atoms with E-state index in [4.69, 9.17) is 11.5 Å². The number of urea groups is 1. The molecule has 1 unspecified atom stereocenters. The molecule has 13 heavy (non-hydrogen) atoms. The minimum atomic E-state index is -0.546. The van der Waals surface area contributed by atoms with E-state index >= 15 is 0 Å². The van der Waals surface area contributed by atoms with E-state index in [-0.39, 0.29) is 6.04 Å². The fraction of sp³-hybridized carbons (Fsp3) is 0.222. The van der Waals surface area contributed by atoms with Gasteiger partial charge >= 0.3 is 6.03 Å². The second-order valence-corrected chi connectivity index (χ2v) is 2.86. The van der Waals surface area contributed by atoms with Gasteiger partial charge < -0.3 is 16.8 Å². The van der Waals surface area contributed by atoms with Crippen LogP contribution in [0.5, 0.6) is 0 Å². The number of hydrogen-bond acceptors (Lipinski definition) is 2. The van der Waals surface area contributed by atoms with E-state index < -0.39 is 6.03 Å². The van der Waals surface area contributed by atoms with Gasteiger partial charge in [-0.15, -0.1) is 0 Å². The molecule has 0 heterocycles. The molecule has 4 heteroatoms. The number of hydrogen-bond donors (Lipinski definition) is 3. The van der Waals surface area contributed by atoms with E-state index in [1.54, 1.807) is 6.07 Å². The topological polar surface area (TPSA) is 81.1 Å². The van der Waals surface area contributed by atoms with Crippen molar-refractivity contribution in [3.63, 3.8) is 0 Å². The number of nitrogens with one attached hydrogen (secondary N) is 1. The second-order valence-electron chi connectivity index (χ2n) is 2.86. The van der Waals surface area contributed by atoms with Gasteiger partial charge in [-0.2, -0.15) is 0 Å². The highest BCUT2D eigenvalue weighted by Crippen LogP contribution is 2.18. The predicted octanol–water partition coefficient (Wildman–Crippen LogP) is 0.998. The molecule has 0 aliphatic rings. The summed E-state index contributed by atoms with van der Waals surface area (Å²) < 4.78 is 0. The zero-order valence-corrected chi connectivity index (χ0v) is 7.45. The molecule has 0 bridgehead atoms. The second kappa shape index (κ2) is 3.80. The third kappa shape index (κ3) is 2.37. The van der Waals surface area contributed by atoms with Crippen molar-refractivity contribution in [1.29, 1.82) is 0 Å². The lowest BCUT2D eigenvalue weighted by Crippen LogP contribution is -2.32. The fourth-order valence-corrected chi connectivity index (χ4v) is 1.20. The Bertz CT molecular complexity index is 311. The van der Waals surface area contributed by atoms with Crippen LogP contribution in [-0.2, 0) is 0 Å². The van der Waals surface area contributed by atoms with Gasteiger partial charge in [0.25, 0.3) is 0 Å². The monoisotopic (exact) mass is 179 g/mol. The molecule has 4 nitrogen and oxygen atoms in total. The van der Waals surface area contributed by atoms with Crippen LogP contribution in [0.1, 0.15) is 18.5 Å². The highest BCUT2D eigenvalue weighted by atomic mass is 16.2. The quantitative estimate of drug-likeness (QED) is 0.592. The minimum Gasteiger partial charge on any atom is -0.398 e. The zero-order valence-electron chi connectivity index (χ0n) is 7.45. The van der Waals surface area contributed by atoms with Crippen LogP contribution in [0.4, 0.5) is 10.5 Å². The van der Waals surface area contributed by atoms with Crippen LogP contribution in [0, 0.1) is 0 Å². The van der Waals surface area contributed by atoms with E-state index in [0.717, 1.165) is 5.56 Å². The summed E-state index contributed by atoms with van der Waals surface area (Å²) in [6.07, 6.45) is 0. The van der Waals surface area contributed by atoms with Crippen molar-refractivity contribution >= 4 is 11.7 Å². The Morgan fingerprint density at radius 1 is 1.46 bits per heavy atom. The molecule has 2 amide bonds. The van der Waals surface area contributed by atoms with Crippen LogP contribution >= 0.6 is 0 Å². The molecule has 1 rings (SSSR count). The van der Waals surface area contributed by atoms with Crippen molar-refractivity contribution in [2.45, 2.75) is 13.0 Å². The number of carbonyl (C=O) groups is 1. The minimum absolute atomic E-state index is 0.154. The Hall–Kier alpha value is -1.71. The number of primary amides is 1. The van der Waals surface area contributed by atoms with Crippen molar-refractivity contribution in [2.75, 3.05) is 5.73 Å². The van der Waals surface area contributed by atoms with Crippen LogP contribution in [0.2, 0.25) is 0 Å². The molecular formula is C9H13N3O. The average molecular weight is 179 g/mol. The summed E-state index contributed by atoms with van der Waals surface area (Å²) in [6, 6.07) is 6.65. The number of para-hydroxylation sites is 1. The van der Waals surface area contributed by atoms with E-state index in [1.165, 1.54) is 0 Å². The summed E-state index contributed by atoms with van der Waals surface area (Å²) in [5.41, 5.74) is 12.2. The van der Waals surface area contributed by atoms with Gasteiger partial charge in [-0.25, -0.2) is 4.79 Å².